The number of rotatable bonds is 3. The van der Waals surface area contributed by atoms with Gasteiger partial charge in [-0.3, -0.25) is 4.72 Å². The van der Waals surface area contributed by atoms with Crippen LogP contribution in [0.2, 0.25) is 0 Å². The second kappa shape index (κ2) is 6.17. The number of hydrogen-bond acceptors (Lipinski definition) is 4. The minimum Gasteiger partial charge on any atom is -0.507 e. The summed E-state index contributed by atoms with van der Waals surface area (Å²) in [6.07, 6.45) is 0. The number of nitrogens with one attached hydrogen (secondary N) is 1. The Morgan fingerprint density at radius 2 is 1.56 bits per heavy atom. The van der Waals surface area contributed by atoms with E-state index in [4.69, 9.17) is 0 Å². The predicted molar refractivity (Wildman–Crippen MR) is 107 cm³/mol. The largest absolute Gasteiger partial charge is 0.507 e. The number of phenolic OH excluding ortho intramolecular Hbond substituents is 2. The quantitative estimate of drug-likeness (QED) is 0.457. The maximum Gasteiger partial charge on any atom is 0.261 e. The number of sulfonamides is 1. The average molecular weight is 379 g/mol. The zero-order chi connectivity index (χ0) is 19.2. The van der Waals surface area contributed by atoms with Gasteiger partial charge in [-0.15, -0.1) is 0 Å². The summed E-state index contributed by atoms with van der Waals surface area (Å²) in [5.41, 5.74) is 1.11. The van der Waals surface area contributed by atoms with E-state index in [1.54, 1.807) is 49.4 Å². The molecule has 4 aromatic rings. The molecule has 0 saturated heterocycles. The van der Waals surface area contributed by atoms with Gasteiger partial charge in [0.15, 0.2) is 0 Å². The van der Waals surface area contributed by atoms with E-state index in [9.17, 15) is 18.6 Å². The topological polar surface area (TPSA) is 86.6 Å². The normalized spacial score (nSPS) is 11.7. The first-order valence-electron chi connectivity index (χ1n) is 8.33. The molecule has 0 fully saturated rings. The van der Waals surface area contributed by atoms with Crippen molar-refractivity contribution in [1.29, 1.82) is 0 Å². The maximum absolute atomic E-state index is 12.9. The van der Waals surface area contributed by atoms with E-state index in [2.05, 4.69) is 4.72 Å². The Kier molecular flexibility index (Phi) is 3.93. The molecule has 0 bridgehead atoms. The van der Waals surface area contributed by atoms with Gasteiger partial charge in [-0.25, -0.2) is 8.42 Å². The lowest BCUT2D eigenvalue weighted by atomic mass is 10.1. The Bertz CT molecular complexity index is 1300. The van der Waals surface area contributed by atoms with Crippen molar-refractivity contribution in [3.63, 3.8) is 0 Å². The molecule has 0 atom stereocenters. The molecule has 0 unspecified atom stereocenters. The van der Waals surface area contributed by atoms with E-state index in [0.29, 0.717) is 27.2 Å². The number of aromatic hydroxyl groups is 2. The minimum atomic E-state index is -3.85. The monoisotopic (exact) mass is 379 g/mol. The van der Waals surface area contributed by atoms with Crippen molar-refractivity contribution >= 4 is 37.3 Å². The number of anilines is 1. The van der Waals surface area contributed by atoms with Crippen LogP contribution in [0.1, 0.15) is 5.56 Å². The van der Waals surface area contributed by atoms with Crippen molar-refractivity contribution < 1.29 is 18.6 Å². The molecule has 4 aromatic carbocycles. The van der Waals surface area contributed by atoms with E-state index in [1.165, 1.54) is 24.3 Å². The highest BCUT2D eigenvalue weighted by molar-refractivity contribution is 7.92. The van der Waals surface area contributed by atoms with E-state index in [-0.39, 0.29) is 16.4 Å². The highest BCUT2D eigenvalue weighted by atomic mass is 32.2. The molecule has 6 heteroatoms. The van der Waals surface area contributed by atoms with Gasteiger partial charge in [0.25, 0.3) is 10.0 Å². The van der Waals surface area contributed by atoms with Crippen molar-refractivity contribution in [3.8, 4) is 11.5 Å². The van der Waals surface area contributed by atoms with Crippen LogP contribution in [0.3, 0.4) is 0 Å². The molecule has 0 radical (unpaired) electrons. The zero-order valence-corrected chi connectivity index (χ0v) is 15.3. The Morgan fingerprint density at radius 3 is 2.33 bits per heavy atom. The number of hydrogen-bond donors (Lipinski definition) is 3. The minimum absolute atomic E-state index is 0.0881. The van der Waals surface area contributed by atoms with Gasteiger partial charge in [0.2, 0.25) is 0 Å². The van der Waals surface area contributed by atoms with Gasteiger partial charge in [0.1, 0.15) is 11.5 Å². The maximum atomic E-state index is 12.9. The fourth-order valence-electron chi connectivity index (χ4n) is 3.14. The number of benzene rings is 4. The molecule has 0 heterocycles. The van der Waals surface area contributed by atoms with Crippen LogP contribution in [-0.4, -0.2) is 18.6 Å². The van der Waals surface area contributed by atoms with E-state index in [1.807, 2.05) is 0 Å². The molecule has 0 amide bonds. The van der Waals surface area contributed by atoms with Crippen LogP contribution in [0, 0.1) is 6.92 Å². The summed E-state index contributed by atoms with van der Waals surface area (Å²) < 4.78 is 28.4. The van der Waals surface area contributed by atoms with Crippen LogP contribution in [0.15, 0.2) is 71.6 Å². The molecule has 136 valence electrons. The van der Waals surface area contributed by atoms with Crippen molar-refractivity contribution in [2.24, 2.45) is 0 Å². The molecule has 27 heavy (non-hydrogen) atoms. The van der Waals surface area contributed by atoms with Gasteiger partial charge < -0.3 is 10.2 Å². The molecule has 4 rings (SSSR count). The van der Waals surface area contributed by atoms with Crippen LogP contribution in [-0.2, 0) is 10.0 Å². The van der Waals surface area contributed by atoms with Gasteiger partial charge in [0, 0.05) is 16.2 Å². The Labute approximate surface area is 156 Å². The summed E-state index contributed by atoms with van der Waals surface area (Å²) in [5.74, 6) is 0.235. The molecular formula is C21H17NO4S. The SMILES string of the molecule is Cc1ccc2cc(S(=O)(=O)Nc3ccc(O)c4ccccc34)ccc2c1O. The van der Waals surface area contributed by atoms with Crippen molar-refractivity contribution in [2.75, 3.05) is 4.72 Å². The first kappa shape index (κ1) is 17.2. The van der Waals surface area contributed by atoms with Crippen molar-refractivity contribution in [2.45, 2.75) is 11.8 Å². The third-order valence-electron chi connectivity index (χ3n) is 4.62. The first-order chi connectivity index (χ1) is 12.9. The predicted octanol–water partition coefficient (Wildman–Crippen LogP) is 4.51. The lowest BCUT2D eigenvalue weighted by Gasteiger charge is -2.13. The fourth-order valence-corrected chi connectivity index (χ4v) is 4.26. The lowest BCUT2D eigenvalue weighted by molar-refractivity contribution is 0.477. The van der Waals surface area contributed by atoms with Crippen LogP contribution in [0.4, 0.5) is 5.69 Å². The summed E-state index contributed by atoms with van der Waals surface area (Å²) in [6.45, 7) is 1.79. The van der Waals surface area contributed by atoms with Gasteiger partial charge in [-0.2, -0.15) is 0 Å². The summed E-state index contributed by atoms with van der Waals surface area (Å²) in [5, 5.41) is 22.5. The van der Waals surface area contributed by atoms with Crippen LogP contribution in [0.25, 0.3) is 21.5 Å². The number of aryl methyl sites for hydroxylation is 1. The van der Waals surface area contributed by atoms with Crippen LogP contribution < -0.4 is 4.72 Å². The Hall–Kier alpha value is -3.25. The fraction of sp³-hybridized carbons (Fsp3) is 0.0476. The average Bonchev–Trinajstić information content (AvgIpc) is 2.67. The highest BCUT2D eigenvalue weighted by Crippen LogP contribution is 2.33. The molecule has 0 aliphatic carbocycles. The molecule has 0 aliphatic rings. The van der Waals surface area contributed by atoms with Gasteiger partial charge in [0.05, 0.1) is 10.6 Å². The van der Waals surface area contributed by atoms with Crippen LogP contribution in [0.5, 0.6) is 11.5 Å². The molecule has 5 nitrogen and oxygen atoms in total. The summed E-state index contributed by atoms with van der Waals surface area (Å²) >= 11 is 0. The smallest absolute Gasteiger partial charge is 0.261 e. The standard InChI is InChI=1S/C21H17NO4S/c1-13-6-7-14-12-15(8-9-16(14)21(13)24)27(25,26)22-19-10-11-20(23)18-5-3-2-4-17(18)19/h2-12,22-24H,1H3. The molecular weight excluding hydrogens is 362 g/mol. The van der Waals surface area contributed by atoms with Crippen molar-refractivity contribution in [3.05, 3.63) is 72.3 Å². The molecule has 0 aromatic heterocycles. The van der Waals surface area contributed by atoms with Gasteiger partial charge >= 0.3 is 0 Å². The molecule has 0 spiro atoms. The van der Waals surface area contributed by atoms with E-state index in [0.717, 1.165) is 5.56 Å². The first-order valence-corrected chi connectivity index (χ1v) is 9.81. The Balaban J connectivity index is 1.80. The van der Waals surface area contributed by atoms with E-state index < -0.39 is 10.0 Å². The third kappa shape index (κ3) is 2.94. The van der Waals surface area contributed by atoms with Crippen LogP contribution >= 0.6 is 0 Å². The molecule has 3 N–H and O–H groups in total. The van der Waals surface area contributed by atoms with Crippen molar-refractivity contribution in [1.82, 2.24) is 0 Å². The zero-order valence-electron chi connectivity index (χ0n) is 14.5. The molecule has 0 aliphatic heterocycles. The van der Waals surface area contributed by atoms with E-state index >= 15 is 0 Å². The summed E-state index contributed by atoms with van der Waals surface area (Å²) in [4.78, 5) is 0.0930. The lowest BCUT2D eigenvalue weighted by Crippen LogP contribution is -2.13. The summed E-state index contributed by atoms with van der Waals surface area (Å²) in [7, 11) is -3.85. The second-order valence-corrected chi connectivity index (χ2v) is 8.08. The number of phenols is 2. The van der Waals surface area contributed by atoms with Gasteiger partial charge in [-0.05, 0) is 48.2 Å². The highest BCUT2D eigenvalue weighted by Gasteiger charge is 2.17. The Morgan fingerprint density at radius 1 is 0.815 bits per heavy atom. The molecule has 0 saturated carbocycles. The summed E-state index contributed by atoms with van der Waals surface area (Å²) in [6, 6.07) is 18.1. The second-order valence-electron chi connectivity index (χ2n) is 6.40. The number of fused-ring (bicyclic) bond motifs is 2. The third-order valence-corrected chi connectivity index (χ3v) is 5.98. The van der Waals surface area contributed by atoms with Gasteiger partial charge in [-0.1, -0.05) is 36.4 Å².